The van der Waals surface area contributed by atoms with Gasteiger partial charge < -0.3 is 10.4 Å². The highest BCUT2D eigenvalue weighted by Crippen LogP contribution is 2.25. The van der Waals surface area contributed by atoms with Gasteiger partial charge in [0.15, 0.2) is 0 Å². The Hall–Kier alpha value is -0.870. The molecule has 0 saturated heterocycles. The van der Waals surface area contributed by atoms with Crippen molar-refractivity contribution in [3.63, 3.8) is 0 Å². The second-order valence-electron chi connectivity index (χ2n) is 3.84. The van der Waals surface area contributed by atoms with Gasteiger partial charge in [-0.2, -0.15) is 0 Å². The van der Waals surface area contributed by atoms with Gasteiger partial charge in [-0.15, -0.1) is 0 Å². The number of carboxylic acid groups (broad SMARTS) is 1. The van der Waals surface area contributed by atoms with Crippen molar-refractivity contribution in [2.75, 3.05) is 0 Å². The maximum atomic E-state index is 10.9. The van der Waals surface area contributed by atoms with Gasteiger partial charge in [-0.05, 0) is 42.2 Å². The van der Waals surface area contributed by atoms with E-state index in [4.69, 9.17) is 5.11 Å². The predicted molar refractivity (Wildman–Crippen MR) is 60.8 cm³/mol. The smallest absolute Gasteiger partial charge is 0.321 e. The highest BCUT2D eigenvalue weighted by molar-refractivity contribution is 9.10. The van der Waals surface area contributed by atoms with Crippen molar-refractivity contribution in [2.45, 2.75) is 25.9 Å². The number of aryl methyl sites for hydroxylation is 1. The maximum absolute atomic E-state index is 10.9. The summed E-state index contributed by atoms with van der Waals surface area (Å²) in [5.41, 5.74) is 3.52. The molecule has 1 unspecified atom stereocenters. The molecule has 0 aliphatic carbocycles. The van der Waals surface area contributed by atoms with E-state index in [0.29, 0.717) is 13.0 Å². The van der Waals surface area contributed by atoms with Gasteiger partial charge in [0.05, 0.1) is 0 Å². The molecule has 0 aromatic heterocycles. The van der Waals surface area contributed by atoms with Crippen LogP contribution in [0.15, 0.2) is 16.6 Å². The fourth-order valence-electron chi connectivity index (χ4n) is 1.98. The molecule has 80 valence electrons. The molecular weight excluding hydrogens is 258 g/mol. The van der Waals surface area contributed by atoms with Crippen LogP contribution in [-0.2, 0) is 17.8 Å². The van der Waals surface area contributed by atoms with Crippen molar-refractivity contribution in [1.82, 2.24) is 5.32 Å². The van der Waals surface area contributed by atoms with E-state index in [1.54, 1.807) is 0 Å². The van der Waals surface area contributed by atoms with Crippen molar-refractivity contribution in [1.29, 1.82) is 0 Å². The number of nitrogens with one attached hydrogen (secondary N) is 1. The summed E-state index contributed by atoms with van der Waals surface area (Å²) in [5, 5.41) is 11.9. The summed E-state index contributed by atoms with van der Waals surface area (Å²) in [6.45, 7) is 2.65. The average molecular weight is 270 g/mol. The van der Waals surface area contributed by atoms with Crippen LogP contribution in [0.25, 0.3) is 0 Å². The minimum atomic E-state index is -0.775. The van der Waals surface area contributed by atoms with Crippen LogP contribution < -0.4 is 5.32 Å². The van der Waals surface area contributed by atoms with Crippen molar-refractivity contribution >= 4 is 21.9 Å². The standard InChI is InChI=1S/C11H12BrNO2/c1-6-2-8(12)3-7-5-13-10(11(14)15)4-9(6)7/h2-3,10,13H,4-5H2,1H3,(H,14,15). The van der Waals surface area contributed by atoms with Crippen molar-refractivity contribution in [3.8, 4) is 0 Å². The Morgan fingerprint density at radius 1 is 1.60 bits per heavy atom. The normalized spacial score (nSPS) is 19.7. The number of benzene rings is 1. The number of aliphatic carboxylic acids is 1. The number of rotatable bonds is 1. The van der Waals surface area contributed by atoms with E-state index in [0.717, 1.165) is 10.0 Å². The third kappa shape index (κ3) is 2.06. The second-order valence-corrected chi connectivity index (χ2v) is 4.75. The van der Waals surface area contributed by atoms with Crippen LogP contribution >= 0.6 is 15.9 Å². The van der Waals surface area contributed by atoms with Crippen molar-refractivity contribution < 1.29 is 9.90 Å². The summed E-state index contributed by atoms with van der Waals surface area (Å²) in [5.74, 6) is -0.775. The van der Waals surface area contributed by atoms with Crippen LogP contribution in [0.3, 0.4) is 0 Å². The molecule has 0 saturated carbocycles. The lowest BCUT2D eigenvalue weighted by molar-refractivity contribution is -0.139. The van der Waals surface area contributed by atoms with E-state index in [-0.39, 0.29) is 0 Å². The molecule has 1 aliphatic heterocycles. The molecule has 3 nitrogen and oxygen atoms in total. The monoisotopic (exact) mass is 269 g/mol. The van der Waals surface area contributed by atoms with E-state index in [1.807, 2.05) is 19.1 Å². The van der Waals surface area contributed by atoms with Gasteiger partial charge in [0.1, 0.15) is 6.04 Å². The van der Waals surface area contributed by atoms with Gasteiger partial charge in [-0.25, -0.2) is 0 Å². The quantitative estimate of drug-likeness (QED) is 0.818. The zero-order valence-electron chi connectivity index (χ0n) is 8.38. The fraction of sp³-hybridized carbons (Fsp3) is 0.364. The first-order chi connectivity index (χ1) is 7.08. The summed E-state index contributed by atoms with van der Waals surface area (Å²) < 4.78 is 1.05. The molecule has 1 aliphatic rings. The van der Waals surface area contributed by atoms with Crippen molar-refractivity contribution in [3.05, 3.63) is 33.3 Å². The molecule has 1 aromatic rings. The van der Waals surface area contributed by atoms with Gasteiger partial charge in [0.2, 0.25) is 0 Å². The molecule has 0 amide bonds. The summed E-state index contributed by atoms with van der Waals surface area (Å²) >= 11 is 3.44. The van der Waals surface area contributed by atoms with Crippen LogP contribution in [0.5, 0.6) is 0 Å². The van der Waals surface area contributed by atoms with Crippen LogP contribution in [0, 0.1) is 6.92 Å². The molecule has 4 heteroatoms. The minimum absolute atomic E-state index is 0.447. The largest absolute Gasteiger partial charge is 0.480 e. The highest BCUT2D eigenvalue weighted by atomic mass is 79.9. The summed E-state index contributed by atoms with van der Waals surface area (Å²) in [4.78, 5) is 10.9. The van der Waals surface area contributed by atoms with Crippen LogP contribution in [0.2, 0.25) is 0 Å². The van der Waals surface area contributed by atoms with Gasteiger partial charge in [-0.3, -0.25) is 4.79 Å². The third-order valence-electron chi connectivity index (χ3n) is 2.78. The Kier molecular flexibility index (Phi) is 2.80. The summed E-state index contributed by atoms with van der Waals surface area (Å²) in [7, 11) is 0. The number of hydrogen-bond acceptors (Lipinski definition) is 2. The molecule has 1 aromatic carbocycles. The van der Waals surface area contributed by atoms with Gasteiger partial charge in [-0.1, -0.05) is 15.9 Å². The zero-order chi connectivity index (χ0) is 11.0. The average Bonchev–Trinajstić information content (AvgIpc) is 2.16. The topological polar surface area (TPSA) is 49.3 Å². The lowest BCUT2D eigenvalue weighted by Crippen LogP contribution is -2.41. The number of carboxylic acids is 1. The maximum Gasteiger partial charge on any atom is 0.321 e. The lowest BCUT2D eigenvalue weighted by Gasteiger charge is -2.24. The zero-order valence-corrected chi connectivity index (χ0v) is 9.97. The molecule has 0 fully saturated rings. The van der Waals surface area contributed by atoms with Gasteiger partial charge in [0, 0.05) is 11.0 Å². The Bertz CT molecular complexity index is 417. The number of halogens is 1. The second kappa shape index (κ2) is 3.94. The Balaban J connectivity index is 2.37. The number of carbonyl (C=O) groups is 1. The van der Waals surface area contributed by atoms with Crippen LogP contribution in [0.1, 0.15) is 16.7 Å². The van der Waals surface area contributed by atoms with E-state index < -0.39 is 12.0 Å². The molecule has 2 N–H and O–H groups in total. The minimum Gasteiger partial charge on any atom is -0.480 e. The van der Waals surface area contributed by atoms with Gasteiger partial charge >= 0.3 is 5.97 Å². The van der Waals surface area contributed by atoms with Crippen LogP contribution in [-0.4, -0.2) is 17.1 Å². The third-order valence-corrected chi connectivity index (χ3v) is 3.23. The summed E-state index contributed by atoms with van der Waals surface area (Å²) in [6.07, 6.45) is 0.573. The van der Waals surface area contributed by atoms with E-state index >= 15 is 0 Å². The molecule has 1 atom stereocenters. The lowest BCUT2D eigenvalue weighted by atomic mass is 9.92. The number of hydrogen-bond donors (Lipinski definition) is 2. The molecular formula is C11H12BrNO2. The van der Waals surface area contributed by atoms with E-state index in [9.17, 15) is 4.79 Å². The Morgan fingerprint density at radius 2 is 2.33 bits per heavy atom. The Labute approximate surface area is 96.6 Å². The first kappa shape index (κ1) is 10.6. The molecule has 15 heavy (non-hydrogen) atoms. The van der Waals surface area contributed by atoms with E-state index in [2.05, 4.69) is 21.2 Å². The number of fused-ring (bicyclic) bond motifs is 1. The predicted octanol–water partition coefficient (Wildman–Crippen LogP) is 1.86. The Morgan fingerprint density at radius 3 is 3.00 bits per heavy atom. The SMILES string of the molecule is Cc1cc(Br)cc2c1CC(C(=O)O)NC2. The fourth-order valence-corrected chi connectivity index (χ4v) is 2.60. The van der Waals surface area contributed by atoms with E-state index in [1.165, 1.54) is 11.1 Å². The van der Waals surface area contributed by atoms with Crippen molar-refractivity contribution in [2.24, 2.45) is 0 Å². The molecule has 0 spiro atoms. The molecule has 2 rings (SSSR count). The molecule has 0 bridgehead atoms. The first-order valence-electron chi connectivity index (χ1n) is 4.82. The molecule has 1 heterocycles. The summed E-state index contributed by atoms with van der Waals surface area (Å²) in [6, 6.07) is 3.63. The first-order valence-corrected chi connectivity index (χ1v) is 5.61. The van der Waals surface area contributed by atoms with Crippen LogP contribution in [0.4, 0.5) is 0 Å². The van der Waals surface area contributed by atoms with Gasteiger partial charge in [0.25, 0.3) is 0 Å². The molecule has 0 radical (unpaired) electrons. The highest BCUT2D eigenvalue weighted by Gasteiger charge is 2.24.